The van der Waals surface area contributed by atoms with Crippen molar-refractivity contribution in [1.82, 2.24) is 0 Å². The van der Waals surface area contributed by atoms with Crippen LogP contribution < -0.4 is 0 Å². The van der Waals surface area contributed by atoms with Gasteiger partial charge in [-0.05, 0) is 78.3 Å². The minimum atomic E-state index is -0.559. The Morgan fingerprint density at radius 3 is 1.79 bits per heavy atom. The van der Waals surface area contributed by atoms with Gasteiger partial charge in [-0.15, -0.1) is 0 Å². The van der Waals surface area contributed by atoms with Crippen molar-refractivity contribution in [1.29, 1.82) is 0 Å². The SMILES string of the molecule is [2H]c1c([2H])c([2H])c2c(oc3c(-c4ccccc4)c(-c4c5ccccc5c(-c5c([2H])c([2H])c6c([2H])c([2H])c([2H])c([2H])c6c5[2H])c5ccccc45)c([2H])c([2H])c32)c1[2H]. The topological polar surface area (TPSA) is 13.1 Å². The summed E-state index contributed by atoms with van der Waals surface area (Å²) in [7, 11) is 0. The molecule has 0 spiro atoms. The first-order chi connectivity index (χ1) is 26.8. The molecule has 0 saturated heterocycles. The molecule has 0 fully saturated rings. The van der Waals surface area contributed by atoms with E-state index in [9.17, 15) is 5.48 Å². The van der Waals surface area contributed by atoms with Crippen LogP contribution in [0.15, 0.2) is 162 Å². The summed E-state index contributed by atoms with van der Waals surface area (Å²) in [5.74, 6) is 0. The molecule has 0 aliphatic heterocycles. The minimum absolute atomic E-state index is 0.00174. The summed E-state index contributed by atoms with van der Waals surface area (Å²) in [4.78, 5) is 0. The summed E-state index contributed by atoms with van der Waals surface area (Å²) in [5.41, 5.74) is 2.12. The van der Waals surface area contributed by atoms with Crippen molar-refractivity contribution in [2.75, 3.05) is 0 Å². The van der Waals surface area contributed by atoms with Gasteiger partial charge in [0.25, 0.3) is 0 Å². The number of para-hydroxylation sites is 1. The smallest absolute Gasteiger partial charge is 0.143 e. The van der Waals surface area contributed by atoms with Crippen LogP contribution in [0.2, 0.25) is 0 Å². The van der Waals surface area contributed by atoms with Crippen LogP contribution >= 0.6 is 0 Å². The van der Waals surface area contributed by atoms with Crippen LogP contribution in [0.3, 0.4) is 0 Å². The molecule has 0 saturated carbocycles. The number of furan rings is 1. The molecular weight excluding hydrogens is 520 g/mol. The van der Waals surface area contributed by atoms with E-state index in [1.54, 1.807) is 48.5 Å². The maximum atomic E-state index is 9.70. The second kappa shape index (κ2) is 9.44. The standard InChI is InChI=1S/C42H26O/c1-2-13-28(14-3-1)40-37(25-24-36-31-16-10-11-21-38(31)43-42(36)40)41-34-19-8-6-17-32(34)39(33-18-7-9-20-35(33)41)30-23-22-27-12-4-5-15-29(27)26-30/h1-26H/i4D,5D,10D,11D,12D,15D,16D,21D,22D,23D,24D,25D,26D. The third-order valence-electron chi connectivity index (χ3n) is 7.87. The molecule has 1 heteroatoms. The van der Waals surface area contributed by atoms with Gasteiger partial charge in [-0.1, -0.05) is 139 Å². The van der Waals surface area contributed by atoms with Crippen molar-refractivity contribution in [3.63, 3.8) is 0 Å². The largest absolute Gasteiger partial charge is 0.455 e. The van der Waals surface area contributed by atoms with Gasteiger partial charge in [-0.25, -0.2) is 0 Å². The monoisotopic (exact) mass is 559 g/mol. The van der Waals surface area contributed by atoms with Gasteiger partial charge in [0.05, 0.1) is 17.8 Å². The number of hydrogen-bond acceptors (Lipinski definition) is 1. The Hall–Kier alpha value is -5.66. The van der Waals surface area contributed by atoms with Gasteiger partial charge in [-0.3, -0.25) is 0 Å². The molecule has 0 bridgehead atoms. The van der Waals surface area contributed by atoms with Gasteiger partial charge in [0.1, 0.15) is 11.2 Å². The Kier molecular flexibility index (Phi) is 3.18. The van der Waals surface area contributed by atoms with E-state index in [-0.39, 0.29) is 74.0 Å². The van der Waals surface area contributed by atoms with Crippen LogP contribution in [0.5, 0.6) is 0 Å². The fraction of sp³-hybridized carbons (Fsp3) is 0. The molecule has 1 aromatic heterocycles. The highest BCUT2D eigenvalue weighted by Crippen LogP contribution is 2.49. The number of benzene rings is 8. The van der Waals surface area contributed by atoms with E-state index >= 15 is 0 Å². The first-order valence-electron chi connectivity index (χ1n) is 20.2. The summed E-state index contributed by atoms with van der Waals surface area (Å²) >= 11 is 0. The molecule has 43 heavy (non-hydrogen) atoms. The van der Waals surface area contributed by atoms with E-state index in [1.807, 2.05) is 30.3 Å². The molecule has 9 aromatic rings. The molecule has 0 aliphatic carbocycles. The van der Waals surface area contributed by atoms with E-state index in [0.717, 1.165) is 0 Å². The summed E-state index contributed by atoms with van der Waals surface area (Å²) < 4.78 is 121. The van der Waals surface area contributed by atoms with Crippen LogP contribution in [0, 0.1) is 0 Å². The molecule has 0 radical (unpaired) electrons. The van der Waals surface area contributed by atoms with Crippen LogP contribution in [-0.4, -0.2) is 0 Å². The second-order valence-electron chi connectivity index (χ2n) is 10.2. The number of fused-ring (bicyclic) bond motifs is 6. The first kappa shape index (κ1) is 14.5. The zero-order valence-corrected chi connectivity index (χ0v) is 22.4. The molecule has 0 atom stereocenters. The lowest BCUT2D eigenvalue weighted by Gasteiger charge is -2.20. The Balaban J connectivity index is 1.51. The van der Waals surface area contributed by atoms with Crippen molar-refractivity contribution in [2.24, 2.45) is 0 Å². The molecule has 1 heterocycles. The molecule has 200 valence electrons. The Labute approximate surface area is 267 Å². The van der Waals surface area contributed by atoms with E-state index in [1.165, 1.54) is 0 Å². The molecule has 1 nitrogen and oxygen atoms in total. The van der Waals surface area contributed by atoms with Crippen molar-refractivity contribution >= 4 is 54.3 Å². The lowest BCUT2D eigenvalue weighted by Crippen LogP contribution is -1.93. The van der Waals surface area contributed by atoms with Gasteiger partial charge in [-0.2, -0.15) is 0 Å². The van der Waals surface area contributed by atoms with E-state index in [2.05, 4.69) is 0 Å². The fourth-order valence-corrected chi connectivity index (χ4v) is 6.06. The zero-order valence-electron chi connectivity index (χ0n) is 35.4. The van der Waals surface area contributed by atoms with Crippen LogP contribution in [0.25, 0.3) is 87.6 Å². The van der Waals surface area contributed by atoms with E-state index in [4.69, 9.17) is 16.8 Å². The first-order valence-corrected chi connectivity index (χ1v) is 13.7. The maximum Gasteiger partial charge on any atom is 0.143 e. The zero-order chi connectivity index (χ0) is 39.6. The molecular formula is C42H26O. The van der Waals surface area contributed by atoms with Crippen molar-refractivity contribution in [2.45, 2.75) is 0 Å². The average molecular weight is 560 g/mol. The van der Waals surface area contributed by atoms with Gasteiger partial charge >= 0.3 is 0 Å². The Bertz CT molecular complexity index is 3170. The number of rotatable bonds is 3. The van der Waals surface area contributed by atoms with Gasteiger partial charge in [0.2, 0.25) is 0 Å². The number of hydrogen-bond donors (Lipinski definition) is 0. The molecule has 0 amide bonds. The fourth-order valence-electron chi connectivity index (χ4n) is 6.06. The molecule has 0 unspecified atom stereocenters. The third kappa shape index (κ3) is 3.65. The molecule has 0 N–H and O–H groups in total. The maximum absolute atomic E-state index is 9.70. The highest BCUT2D eigenvalue weighted by atomic mass is 16.3. The van der Waals surface area contributed by atoms with Gasteiger partial charge in [0.15, 0.2) is 0 Å². The molecule has 0 aliphatic rings. The van der Waals surface area contributed by atoms with Crippen LogP contribution in [-0.2, 0) is 0 Å². The van der Waals surface area contributed by atoms with Crippen molar-refractivity contribution < 1.29 is 22.2 Å². The predicted molar refractivity (Wildman–Crippen MR) is 183 cm³/mol. The van der Waals surface area contributed by atoms with Crippen molar-refractivity contribution in [3.8, 4) is 33.4 Å². The summed E-state index contributed by atoms with van der Waals surface area (Å²) in [5, 5.41) is 1.81. The summed E-state index contributed by atoms with van der Waals surface area (Å²) in [6.45, 7) is 0. The van der Waals surface area contributed by atoms with E-state index < -0.39 is 48.3 Å². The second-order valence-corrected chi connectivity index (χ2v) is 10.2. The Morgan fingerprint density at radius 2 is 1.05 bits per heavy atom. The lowest BCUT2D eigenvalue weighted by atomic mass is 9.83. The van der Waals surface area contributed by atoms with E-state index in [0.29, 0.717) is 43.8 Å². The highest BCUT2D eigenvalue weighted by molar-refractivity contribution is 6.24. The van der Waals surface area contributed by atoms with Gasteiger partial charge in [0, 0.05) is 16.3 Å². The quantitative estimate of drug-likeness (QED) is 0.196. The molecule has 8 aromatic carbocycles. The average Bonchev–Trinajstić information content (AvgIpc) is 3.61. The molecule has 9 rings (SSSR count). The van der Waals surface area contributed by atoms with Gasteiger partial charge < -0.3 is 4.42 Å². The third-order valence-corrected chi connectivity index (χ3v) is 7.87. The van der Waals surface area contributed by atoms with Crippen LogP contribution in [0.1, 0.15) is 17.8 Å². The van der Waals surface area contributed by atoms with Crippen LogP contribution in [0.4, 0.5) is 0 Å². The Morgan fingerprint density at radius 1 is 0.419 bits per heavy atom. The summed E-state index contributed by atoms with van der Waals surface area (Å²) in [6.07, 6.45) is 0. The predicted octanol–water partition coefficient (Wildman–Crippen LogP) is 12.0. The minimum Gasteiger partial charge on any atom is -0.455 e. The normalized spacial score (nSPS) is 16.0. The van der Waals surface area contributed by atoms with Crippen molar-refractivity contribution in [3.05, 3.63) is 157 Å². The lowest BCUT2D eigenvalue weighted by molar-refractivity contribution is 0.670. The summed E-state index contributed by atoms with van der Waals surface area (Å²) in [6, 6.07) is 17.8. The highest BCUT2D eigenvalue weighted by Gasteiger charge is 2.22.